The number of likely N-dealkylation sites (tertiary alicyclic amines) is 1. The van der Waals surface area contributed by atoms with E-state index in [0.717, 1.165) is 30.4 Å². The molecule has 0 aliphatic carbocycles. The highest BCUT2D eigenvalue weighted by molar-refractivity contribution is 6.46. The lowest BCUT2D eigenvalue weighted by atomic mass is 9.95. The molecular formula is C30H30FNO4. The Hall–Kier alpha value is -3.93. The van der Waals surface area contributed by atoms with Gasteiger partial charge in [-0.05, 0) is 60.4 Å². The molecule has 3 aromatic rings. The summed E-state index contributed by atoms with van der Waals surface area (Å²) in [6.45, 7) is 3.00. The van der Waals surface area contributed by atoms with Gasteiger partial charge in [-0.2, -0.15) is 0 Å². The van der Waals surface area contributed by atoms with E-state index in [-0.39, 0.29) is 23.7 Å². The van der Waals surface area contributed by atoms with Gasteiger partial charge < -0.3 is 14.7 Å². The molecule has 1 heterocycles. The summed E-state index contributed by atoms with van der Waals surface area (Å²) in [7, 11) is 0. The predicted molar refractivity (Wildman–Crippen MR) is 137 cm³/mol. The van der Waals surface area contributed by atoms with Crippen molar-refractivity contribution in [2.24, 2.45) is 0 Å². The Morgan fingerprint density at radius 1 is 0.944 bits per heavy atom. The van der Waals surface area contributed by atoms with E-state index in [4.69, 9.17) is 4.74 Å². The first-order valence-corrected chi connectivity index (χ1v) is 12.3. The Morgan fingerprint density at radius 3 is 2.31 bits per heavy atom. The van der Waals surface area contributed by atoms with Crippen LogP contribution < -0.4 is 4.74 Å². The maximum absolute atomic E-state index is 13.3. The number of ether oxygens (including phenoxy) is 1. The van der Waals surface area contributed by atoms with Crippen LogP contribution in [0.5, 0.6) is 5.75 Å². The number of nitrogens with zero attached hydrogens (tertiary/aromatic N) is 1. The molecule has 3 aromatic carbocycles. The lowest BCUT2D eigenvalue weighted by molar-refractivity contribution is -0.139. The first-order valence-electron chi connectivity index (χ1n) is 12.3. The van der Waals surface area contributed by atoms with Crippen LogP contribution in [0.1, 0.15) is 48.9 Å². The van der Waals surface area contributed by atoms with Gasteiger partial charge in [0.2, 0.25) is 0 Å². The van der Waals surface area contributed by atoms with Gasteiger partial charge in [0.15, 0.2) is 0 Å². The van der Waals surface area contributed by atoms with Crippen molar-refractivity contribution in [2.75, 3.05) is 13.2 Å². The van der Waals surface area contributed by atoms with E-state index in [1.807, 2.05) is 30.3 Å². The Morgan fingerprint density at radius 2 is 1.64 bits per heavy atom. The summed E-state index contributed by atoms with van der Waals surface area (Å²) in [5, 5.41) is 11.2. The second kappa shape index (κ2) is 11.7. The van der Waals surface area contributed by atoms with Gasteiger partial charge in [0, 0.05) is 12.1 Å². The number of hydrogen-bond acceptors (Lipinski definition) is 4. The fourth-order valence-corrected chi connectivity index (χ4v) is 4.40. The number of ketones is 1. The fraction of sp³-hybridized carbons (Fsp3) is 0.267. The zero-order valence-electron chi connectivity index (χ0n) is 20.3. The Balaban J connectivity index is 1.63. The minimum atomic E-state index is -0.725. The molecule has 1 fully saturated rings. The summed E-state index contributed by atoms with van der Waals surface area (Å²) in [6.07, 6.45) is 3.62. The number of Topliss-reactive ketones (excluding diaryl/α,β-unsaturated/α-hetero) is 1. The van der Waals surface area contributed by atoms with Gasteiger partial charge in [0.25, 0.3) is 11.7 Å². The first-order chi connectivity index (χ1) is 17.5. The van der Waals surface area contributed by atoms with Crippen LogP contribution in [0.25, 0.3) is 5.76 Å². The molecule has 1 amide bonds. The molecule has 1 atom stereocenters. The zero-order chi connectivity index (χ0) is 25.5. The summed E-state index contributed by atoms with van der Waals surface area (Å²) in [4.78, 5) is 27.7. The Labute approximate surface area is 210 Å². The summed E-state index contributed by atoms with van der Waals surface area (Å²) in [5.74, 6) is -1.25. The van der Waals surface area contributed by atoms with Crippen molar-refractivity contribution >= 4 is 17.4 Å². The third-order valence-corrected chi connectivity index (χ3v) is 6.35. The molecule has 5 nitrogen and oxygen atoms in total. The third-order valence-electron chi connectivity index (χ3n) is 6.35. The molecule has 6 heteroatoms. The van der Waals surface area contributed by atoms with Crippen molar-refractivity contribution in [1.82, 2.24) is 4.90 Å². The number of rotatable bonds is 10. The van der Waals surface area contributed by atoms with Crippen LogP contribution in [0.4, 0.5) is 4.39 Å². The van der Waals surface area contributed by atoms with Crippen LogP contribution in [-0.4, -0.2) is 34.8 Å². The number of aliphatic hydroxyl groups is 1. The lowest BCUT2D eigenvalue weighted by Gasteiger charge is -2.25. The molecule has 0 saturated carbocycles. The van der Waals surface area contributed by atoms with Crippen molar-refractivity contribution in [3.8, 4) is 5.75 Å². The van der Waals surface area contributed by atoms with Gasteiger partial charge in [0.05, 0.1) is 18.2 Å². The van der Waals surface area contributed by atoms with Gasteiger partial charge in [-0.15, -0.1) is 0 Å². The first kappa shape index (κ1) is 25.2. The van der Waals surface area contributed by atoms with E-state index in [9.17, 15) is 19.1 Å². The number of benzene rings is 3. The second-order valence-corrected chi connectivity index (χ2v) is 8.86. The van der Waals surface area contributed by atoms with Crippen LogP contribution in [0.3, 0.4) is 0 Å². The van der Waals surface area contributed by atoms with Crippen LogP contribution >= 0.6 is 0 Å². The number of halogens is 1. The monoisotopic (exact) mass is 487 g/mol. The molecule has 1 saturated heterocycles. The van der Waals surface area contributed by atoms with Gasteiger partial charge in [-0.3, -0.25) is 9.59 Å². The smallest absolute Gasteiger partial charge is 0.295 e. The van der Waals surface area contributed by atoms with Crippen LogP contribution in [0, 0.1) is 5.82 Å². The standard InChI is InChI=1S/C30H30FNO4/c1-2-3-7-20-36-25-16-12-23(13-17-25)28(33)26-27(22-8-5-4-6-9-22)32(30(35)29(26)34)19-18-21-10-14-24(31)15-11-21/h4-6,8-17,27,33H,2-3,7,18-20H2,1H3/b28-26-. The molecule has 1 unspecified atom stereocenters. The fourth-order valence-electron chi connectivity index (χ4n) is 4.40. The van der Waals surface area contributed by atoms with Gasteiger partial charge in [-0.1, -0.05) is 62.2 Å². The molecule has 0 aromatic heterocycles. The quantitative estimate of drug-likeness (QED) is 0.163. The van der Waals surface area contributed by atoms with E-state index in [0.29, 0.717) is 24.3 Å². The van der Waals surface area contributed by atoms with E-state index >= 15 is 0 Å². The molecule has 1 aliphatic heterocycles. The predicted octanol–water partition coefficient (Wildman–Crippen LogP) is 6.06. The van der Waals surface area contributed by atoms with Crippen molar-refractivity contribution in [3.63, 3.8) is 0 Å². The molecular weight excluding hydrogens is 457 g/mol. The van der Waals surface area contributed by atoms with Crippen molar-refractivity contribution in [3.05, 3.63) is 107 Å². The summed E-state index contributed by atoms with van der Waals surface area (Å²) in [6, 6.07) is 21.4. The van der Waals surface area contributed by atoms with Crippen LogP contribution in [-0.2, 0) is 16.0 Å². The second-order valence-electron chi connectivity index (χ2n) is 8.86. The average molecular weight is 488 g/mol. The lowest BCUT2D eigenvalue weighted by Crippen LogP contribution is -2.31. The number of unbranched alkanes of at least 4 members (excludes halogenated alkanes) is 2. The van der Waals surface area contributed by atoms with E-state index in [1.165, 1.54) is 17.0 Å². The number of amides is 1. The average Bonchev–Trinajstić information content (AvgIpc) is 3.16. The number of carbonyl (C=O) groups excluding carboxylic acids is 2. The third kappa shape index (κ3) is 5.65. The molecule has 36 heavy (non-hydrogen) atoms. The molecule has 1 N–H and O–H groups in total. The molecule has 4 rings (SSSR count). The minimum absolute atomic E-state index is 0.0573. The molecule has 186 valence electrons. The van der Waals surface area contributed by atoms with Crippen molar-refractivity contribution < 1.29 is 23.8 Å². The summed E-state index contributed by atoms with van der Waals surface area (Å²) >= 11 is 0. The topological polar surface area (TPSA) is 66.8 Å². The highest BCUT2D eigenvalue weighted by Crippen LogP contribution is 2.39. The van der Waals surface area contributed by atoms with Crippen LogP contribution in [0.2, 0.25) is 0 Å². The van der Waals surface area contributed by atoms with E-state index in [2.05, 4.69) is 6.92 Å². The van der Waals surface area contributed by atoms with E-state index < -0.39 is 17.7 Å². The zero-order valence-corrected chi connectivity index (χ0v) is 20.3. The highest BCUT2D eigenvalue weighted by Gasteiger charge is 2.45. The number of carbonyl (C=O) groups is 2. The molecule has 0 radical (unpaired) electrons. The Bertz CT molecular complexity index is 1220. The van der Waals surface area contributed by atoms with Crippen molar-refractivity contribution in [1.29, 1.82) is 0 Å². The van der Waals surface area contributed by atoms with Gasteiger partial charge in [0.1, 0.15) is 17.3 Å². The Kier molecular flexibility index (Phi) is 8.16. The molecule has 0 bridgehead atoms. The SMILES string of the molecule is CCCCCOc1ccc(/C(O)=C2/C(=O)C(=O)N(CCc3ccc(F)cc3)C2c2ccccc2)cc1. The minimum Gasteiger partial charge on any atom is -0.507 e. The largest absolute Gasteiger partial charge is 0.507 e. The maximum atomic E-state index is 13.3. The summed E-state index contributed by atoms with van der Waals surface area (Å²) < 4.78 is 19.0. The van der Waals surface area contributed by atoms with Crippen molar-refractivity contribution in [2.45, 2.75) is 38.6 Å². The van der Waals surface area contributed by atoms with Gasteiger partial charge in [-0.25, -0.2) is 4.39 Å². The summed E-state index contributed by atoms with van der Waals surface area (Å²) in [5.41, 5.74) is 2.07. The maximum Gasteiger partial charge on any atom is 0.295 e. The highest BCUT2D eigenvalue weighted by atomic mass is 19.1. The molecule has 0 spiro atoms. The molecule has 1 aliphatic rings. The number of aliphatic hydroxyl groups excluding tert-OH is 1. The van der Waals surface area contributed by atoms with Gasteiger partial charge >= 0.3 is 0 Å². The normalized spacial score (nSPS) is 16.9. The number of hydrogen-bond donors (Lipinski definition) is 1. The van der Waals surface area contributed by atoms with Crippen LogP contribution in [0.15, 0.2) is 84.4 Å². The van der Waals surface area contributed by atoms with E-state index in [1.54, 1.807) is 36.4 Å².